The van der Waals surface area contributed by atoms with Gasteiger partial charge in [0.05, 0.1) is 17.2 Å². The minimum absolute atomic E-state index is 0. The van der Waals surface area contributed by atoms with Gasteiger partial charge in [0.25, 0.3) is 10.2 Å². The van der Waals surface area contributed by atoms with Gasteiger partial charge in [-0.25, -0.2) is 16.8 Å². The van der Waals surface area contributed by atoms with E-state index in [9.17, 15) is 35.5 Å². The fraction of sp³-hybridized carbons (Fsp3) is 0. The number of rotatable bonds is 2. The van der Waals surface area contributed by atoms with E-state index in [0.29, 0.717) is 6.07 Å². The molecule has 0 spiro atoms. The van der Waals surface area contributed by atoms with E-state index in [0.717, 1.165) is 12.1 Å². The summed E-state index contributed by atoms with van der Waals surface area (Å²) in [6.45, 7) is 0. The van der Waals surface area contributed by atoms with Crippen LogP contribution in [0.3, 0.4) is 0 Å². The maximum atomic E-state index is 11.4. The van der Waals surface area contributed by atoms with Gasteiger partial charge in [0, 0.05) is 5.56 Å². The number of carbonyl (C=O) groups is 2. The Hall–Kier alpha value is -1.62. The first kappa shape index (κ1) is 19.4. The number of benzene rings is 1. The molecule has 0 atom stereocenters. The van der Waals surface area contributed by atoms with Gasteiger partial charge in [0.1, 0.15) is 0 Å². The van der Waals surface area contributed by atoms with Crippen molar-refractivity contribution < 1.29 is 52.3 Å². The number of hydrogen-bond donors (Lipinski definition) is 0. The van der Waals surface area contributed by atoms with Gasteiger partial charge in [0.2, 0.25) is 0 Å². The molecule has 0 saturated carbocycles. The molecule has 0 heterocycles. The van der Waals surface area contributed by atoms with Crippen LogP contribution in [0.25, 0.3) is 0 Å². The van der Waals surface area contributed by atoms with Crippen molar-refractivity contribution in [2.45, 2.75) is 0 Å². The quantitative estimate of drug-likeness (QED) is 0.582. The van der Waals surface area contributed by atoms with Crippen molar-refractivity contribution in [3.05, 3.63) is 34.9 Å². The Morgan fingerprint density at radius 3 is 1.86 bits per heavy atom. The topological polar surface area (TPSA) is 172 Å². The van der Waals surface area contributed by atoms with Gasteiger partial charge in [-0.3, -0.25) is 9.59 Å². The Morgan fingerprint density at radius 1 is 1.00 bits per heavy atom. The molecule has 9 nitrogen and oxygen atoms in total. The van der Waals surface area contributed by atoms with Crippen LogP contribution >= 0.6 is 0 Å². The van der Waals surface area contributed by atoms with E-state index in [1.807, 2.05) is 0 Å². The van der Waals surface area contributed by atoms with E-state index in [4.69, 9.17) is 5.26 Å². The van der Waals surface area contributed by atoms with E-state index in [1.165, 1.54) is 6.07 Å². The molecule has 0 bridgehead atoms. The molecular formula is C9H3CoNO8S2. The van der Waals surface area contributed by atoms with Crippen molar-refractivity contribution in [2.24, 2.45) is 0 Å². The van der Waals surface area contributed by atoms with Crippen molar-refractivity contribution in [1.82, 2.24) is 0 Å². The predicted molar refractivity (Wildman–Crippen MR) is 59.2 cm³/mol. The van der Waals surface area contributed by atoms with Crippen molar-refractivity contribution in [2.75, 3.05) is 0 Å². The van der Waals surface area contributed by atoms with Crippen LogP contribution in [-0.4, -0.2) is 36.2 Å². The van der Waals surface area contributed by atoms with Gasteiger partial charge in [-0.2, -0.15) is 5.26 Å². The smallest absolute Gasteiger partial charge is 0.742 e. The second-order valence-corrected chi connectivity index (χ2v) is 5.88. The molecule has 12 heteroatoms. The van der Waals surface area contributed by atoms with Crippen LogP contribution < -0.4 is 0 Å². The Bertz CT molecular complexity index is 850. The largest absolute Gasteiger partial charge is 2.00 e. The minimum Gasteiger partial charge on any atom is -0.742 e. The third kappa shape index (κ3) is 4.17. The van der Waals surface area contributed by atoms with E-state index in [1.54, 1.807) is 0 Å². The van der Waals surface area contributed by atoms with Crippen LogP contribution in [-0.2, 0) is 37.0 Å². The molecule has 1 aromatic carbocycles. The minimum atomic E-state index is -5.58. The van der Waals surface area contributed by atoms with Gasteiger partial charge < -0.3 is 9.11 Å². The van der Waals surface area contributed by atoms with Gasteiger partial charge in [0.15, 0.2) is 20.2 Å². The van der Waals surface area contributed by atoms with E-state index >= 15 is 0 Å². The summed E-state index contributed by atoms with van der Waals surface area (Å²) in [5.74, 6) is 0. The fourth-order valence-electron chi connectivity index (χ4n) is 1.30. The van der Waals surface area contributed by atoms with Crippen LogP contribution in [0.4, 0.5) is 0 Å². The van der Waals surface area contributed by atoms with Crippen LogP contribution in [0.1, 0.15) is 26.3 Å². The molecule has 1 radical (unpaired) electrons. The van der Waals surface area contributed by atoms with E-state index in [2.05, 4.69) is 0 Å². The van der Waals surface area contributed by atoms with Crippen molar-refractivity contribution in [3.63, 3.8) is 0 Å². The van der Waals surface area contributed by atoms with Gasteiger partial charge >= 0.3 is 16.8 Å². The molecule has 0 amide bonds. The molecule has 1 aromatic rings. The zero-order valence-corrected chi connectivity index (χ0v) is 12.3. The molecule has 0 saturated heterocycles. The summed E-state index contributed by atoms with van der Waals surface area (Å²) in [5.41, 5.74) is -3.08. The number of nitriles is 1. The first-order valence-electron chi connectivity index (χ1n) is 4.53. The molecule has 0 fully saturated rings. The van der Waals surface area contributed by atoms with Crippen molar-refractivity contribution in [3.8, 4) is 6.07 Å². The number of carbonyl (C=O) groups excluding carboxylic acids is 2. The van der Waals surface area contributed by atoms with Crippen molar-refractivity contribution in [1.29, 1.82) is 5.26 Å². The average molecular weight is 376 g/mol. The molecule has 0 unspecified atom stereocenters. The monoisotopic (exact) mass is 376 g/mol. The summed E-state index contributed by atoms with van der Waals surface area (Å²) in [7, 11) is -11.1. The Morgan fingerprint density at radius 2 is 1.48 bits per heavy atom. The molecule has 0 aromatic heterocycles. The van der Waals surface area contributed by atoms with Crippen molar-refractivity contribution >= 4 is 30.5 Å². The van der Waals surface area contributed by atoms with Crippen LogP contribution in [0.15, 0.2) is 18.2 Å². The number of hydrogen-bond acceptors (Lipinski definition) is 9. The molecule has 0 aliphatic rings. The third-order valence-electron chi connectivity index (χ3n) is 2.06. The molecule has 0 aliphatic carbocycles. The SMILES string of the molecule is N#Cc1cccc(C(=O)S(=O)(=O)[O-])c1C(=O)S(=O)(=O)[O-].[Co+2]. The second kappa shape index (κ2) is 6.43. The molecule has 1 rings (SSSR count). The van der Waals surface area contributed by atoms with Gasteiger partial charge in [-0.05, 0) is 12.1 Å². The third-order valence-corrected chi connectivity index (χ3v) is 3.40. The summed E-state index contributed by atoms with van der Waals surface area (Å²) in [6, 6.07) is 3.80. The average Bonchev–Trinajstić information content (AvgIpc) is 2.33. The number of nitrogens with zero attached hydrogens (tertiary/aromatic N) is 1. The fourth-order valence-corrected chi connectivity index (χ4v) is 2.20. The zero-order valence-electron chi connectivity index (χ0n) is 9.60. The van der Waals surface area contributed by atoms with Crippen LogP contribution in [0.2, 0.25) is 0 Å². The summed E-state index contributed by atoms with van der Waals surface area (Å²) in [6.07, 6.45) is 0. The summed E-state index contributed by atoms with van der Waals surface area (Å²) >= 11 is 0. The van der Waals surface area contributed by atoms with Crippen LogP contribution in [0, 0.1) is 11.3 Å². The molecular weight excluding hydrogens is 373 g/mol. The van der Waals surface area contributed by atoms with Crippen LogP contribution in [0.5, 0.6) is 0 Å². The Kier molecular flexibility index (Phi) is 5.93. The van der Waals surface area contributed by atoms with Gasteiger partial charge in [-0.1, -0.05) is 6.07 Å². The maximum absolute atomic E-state index is 11.4. The standard InChI is InChI=1S/C9H5NO8S2.Co/c10-4-5-2-1-3-6(8(11)19(13,14)15)7(5)9(12)20(16,17)18;/h1-3H,(H,13,14,15)(H,16,17,18);/q;+2/p-2. The summed E-state index contributed by atoms with van der Waals surface area (Å²) in [5, 5.41) is 4.43. The Labute approximate surface area is 129 Å². The molecule has 0 aliphatic heterocycles. The first-order chi connectivity index (χ1) is 9.00. The molecule has 113 valence electrons. The Balaban J connectivity index is 0.00000400. The molecule has 21 heavy (non-hydrogen) atoms. The first-order valence-corrected chi connectivity index (χ1v) is 7.35. The normalized spacial score (nSPS) is 11.1. The summed E-state index contributed by atoms with van der Waals surface area (Å²) in [4.78, 5) is 22.7. The second-order valence-electron chi connectivity index (χ2n) is 3.32. The van der Waals surface area contributed by atoms with Gasteiger partial charge in [-0.15, -0.1) is 0 Å². The van der Waals surface area contributed by atoms with E-state index < -0.39 is 47.2 Å². The molecule has 0 N–H and O–H groups in total. The predicted octanol–water partition coefficient (Wildman–Crippen LogP) is -1.07. The van der Waals surface area contributed by atoms with E-state index in [-0.39, 0.29) is 16.8 Å². The summed E-state index contributed by atoms with van der Waals surface area (Å²) < 4.78 is 63.9. The zero-order chi connectivity index (χ0) is 15.7. The maximum Gasteiger partial charge on any atom is 2.00 e.